The molecular formula is C29H41N5O3. The van der Waals surface area contributed by atoms with E-state index in [4.69, 9.17) is 0 Å². The summed E-state index contributed by atoms with van der Waals surface area (Å²) in [5, 5.41) is 6.32. The molecule has 0 aromatic heterocycles. The van der Waals surface area contributed by atoms with Crippen molar-refractivity contribution in [1.82, 2.24) is 20.4 Å². The molecule has 0 unspecified atom stereocenters. The van der Waals surface area contributed by atoms with Gasteiger partial charge >= 0.3 is 0 Å². The lowest BCUT2D eigenvalue weighted by molar-refractivity contribution is -0.143. The highest BCUT2D eigenvalue weighted by atomic mass is 16.2. The van der Waals surface area contributed by atoms with Crippen LogP contribution in [-0.4, -0.2) is 79.4 Å². The Morgan fingerprint density at radius 1 is 1.16 bits per heavy atom. The van der Waals surface area contributed by atoms with Crippen molar-refractivity contribution in [3.8, 4) is 0 Å². The molecule has 2 aliphatic heterocycles. The molecule has 0 bridgehead atoms. The van der Waals surface area contributed by atoms with Crippen molar-refractivity contribution in [2.75, 3.05) is 39.3 Å². The molecule has 8 nitrogen and oxygen atoms in total. The lowest BCUT2D eigenvalue weighted by Gasteiger charge is -2.43. The van der Waals surface area contributed by atoms with Gasteiger partial charge in [-0.3, -0.25) is 19.5 Å². The average Bonchev–Trinajstić information content (AvgIpc) is 2.83. The van der Waals surface area contributed by atoms with E-state index in [1.54, 1.807) is 12.3 Å². The first-order valence-electron chi connectivity index (χ1n) is 13.7. The van der Waals surface area contributed by atoms with Gasteiger partial charge in [0.15, 0.2) is 0 Å². The van der Waals surface area contributed by atoms with Gasteiger partial charge in [0.25, 0.3) is 5.91 Å². The number of carbonyl (C=O) groups is 3. The summed E-state index contributed by atoms with van der Waals surface area (Å²) in [7, 11) is 0. The standard InChI is InChI=1S/C29H41N5O3/c1-21(2)14-31-27(10-12-30-26-18-34(19-26)29(37)24-8-5-9-24)28(36)32-15-22(20-35)16-33-13-11-23-6-3-4-7-25(23)17-33/h3-4,6-7,10,14,20-22,24,26,30H,5,8-9,11-13,15-19H2,1-2H3,(H,32,36)/b27-10-,31-14-/t22-/m0/s1. The van der Waals surface area contributed by atoms with E-state index < -0.39 is 0 Å². The van der Waals surface area contributed by atoms with Gasteiger partial charge < -0.3 is 20.3 Å². The van der Waals surface area contributed by atoms with Gasteiger partial charge in [-0.1, -0.05) is 44.5 Å². The lowest BCUT2D eigenvalue weighted by Crippen LogP contribution is -2.61. The summed E-state index contributed by atoms with van der Waals surface area (Å²) in [6, 6.07) is 8.67. The van der Waals surface area contributed by atoms with Crippen molar-refractivity contribution < 1.29 is 14.4 Å². The summed E-state index contributed by atoms with van der Waals surface area (Å²) in [6.45, 7) is 8.61. The van der Waals surface area contributed by atoms with Gasteiger partial charge in [-0.25, -0.2) is 0 Å². The topological polar surface area (TPSA) is 94.1 Å². The van der Waals surface area contributed by atoms with E-state index in [0.717, 1.165) is 51.7 Å². The van der Waals surface area contributed by atoms with Crippen molar-refractivity contribution in [1.29, 1.82) is 0 Å². The lowest BCUT2D eigenvalue weighted by atomic mass is 9.83. The Kier molecular flexibility index (Phi) is 9.63. The maximum Gasteiger partial charge on any atom is 0.269 e. The van der Waals surface area contributed by atoms with Gasteiger partial charge in [0.05, 0.1) is 0 Å². The fourth-order valence-corrected chi connectivity index (χ4v) is 4.97. The van der Waals surface area contributed by atoms with Crippen LogP contribution in [0.2, 0.25) is 0 Å². The molecule has 200 valence electrons. The SMILES string of the molecule is CC(C)/C=N\C(=C/CNC1CN(C(=O)C2CCC2)C1)C(=O)NC[C@H](C=O)CN1CCc2ccccc2C1. The number of hydrogen-bond acceptors (Lipinski definition) is 6. The fourth-order valence-electron chi connectivity index (χ4n) is 4.97. The second kappa shape index (κ2) is 13.1. The number of aliphatic imine (C=N–C) groups is 1. The van der Waals surface area contributed by atoms with E-state index in [2.05, 4.69) is 44.8 Å². The van der Waals surface area contributed by atoms with E-state index in [9.17, 15) is 14.4 Å². The van der Waals surface area contributed by atoms with Gasteiger partial charge in [-0.05, 0) is 42.4 Å². The van der Waals surface area contributed by atoms with E-state index in [-0.39, 0.29) is 36.2 Å². The van der Waals surface area contributed by atoms with E-state index >= 15 is 0 Å². The smallest absolute Gasteiger partial charge is 0.269 e. The molecule has 0 radical (unpaired) electrons. The van der Waals surface area contributed by atoms with Crippen molar-refractivity contribution in [2.24, 2.45) is 22.7 Å². The molecule has 1 atom stereocenters. The molecule has 2 heterocycles. The molecule has 2 fully saturated rings. The average molecular weight is 508 g/mol. The zero-order valence-electron chi connectivity index (χ0n) is 22.2. The minimum Gasteiger partial charge on any atom is -0.350 e. The molecule has 1 saturated carbocycles. The number of rotatable bonds is 12. The quantitative estimate of drug-likeness (QED) is 0.257. The third-order valence-corrected chi connectivity index (χ3v) is 7.51. The van der Waals surface area contributed by atoms with Crippen molar-refractivity contribution >= 4 is 24.3 Å². The van der Waals surface area contributed by atoms with Crippen LogP contribution in [0.25, 0.3) is 0 Å². The predicted molar refractivity (Wildman–Crippen MR) is 145 cm³/mol. The van der Waals surface area contributed by atoms with Crippen LogP contribution in [-0.2, 0) is 27.3 Å². The molecule has 1 aromatic carbocycles. The second-order valence-electron chi connectivity index (χ2n) is 10.9. The summed E-state index contributed by atoms with van der Waals surface area (Å²) >= 11 is 0. The molecule has 1 aliphatic carbocycles. The first kappa shape index (κ1) is 27.2. The zero-order valence-corrected chi connectivity index (χ0v) is 22.2. The molecular weight excluding hydrogens is 466 g/mol. The number of hydrogen-bond donors (Lipinski definition) is 2. The van der Waals surface area contributed by atoms with Crippen LogP contribution >= 0.6 is 0 Å². The van der Waals surface area contributed by atoms with Crippen LogP contribution in [0, 0.1) is 17.8 Å². The summed E-state index contributed by atoms with van der Waals surface area (Å²) in [6.07, 6.45) is 8.69. The van der Waals surface area contributed by atoms with Crippen LogP contribution in [0.15, 0.2) is 41.0 Å². The number of fused-ring (bicyclic) bond motifs is 1. The Hall–Kier alpha value is -2.84. The summed E-state index contributed by atoms with van der Waals surface area (Å²) in [5.41, 5.74) is 3.03. The minimum atomic E-state index is -0.281. The Labute approximate surface area is 220 Å². The first-order valence-corrected chi connectivity index (χ1v) is 13.7. The fraction of sp³-hybridized carbons (Fsp3) is 0.586. The van der Waals surface area contributed by atoms with Gasteiger partial charge in [0, 0.05) is 69.9 Å². The van der Waals surface area contributed by atoms with Gasteiger partial charge in [0.1, 0.15) is 12.0 Å². The van der Waals surface area contributed by atoms with Gasteiger partial charge in [-0.2, -0.15) is 0 Å². The molecule has 4 rings (SSSR count). The number of aldehydes is 1. The Morgan fingerprint density at radius 2 is 1.92 bits per heavy atom. The third-order valence-electron chi connectivity index (χ3n) is 7.51. The van der Waals surface area contributed by atoms with Crippen LogP contribution in [0.3, 0.4) is 0 Å². The van der Waals surface area contributed by atoms with E-state index in [0.29, 0.717) is 24.7 Å². The Balaban J connectivity index is 1.24. The van der Waals surface area contributed by atoms with Gasteiger partial charge in [-0.15, -0.1) is 0 Å². The zero-order chi connectivity index (χ0) is 26.2. The molecule has 8 heteroatoms. The first-order chi connectivity index (χ1) is 17.9. The number of amides is 2. The largest absolute Gasteiger partial charge is 0.350 e. The predicted octanol–water partition coefficient (Wildman–Crippen LogP) is 2.19. The number of nitrogens with zero attached hydrogens (tertiary/aromatic N) is 3. The maximum atomic E-state index is 12.9. The van der Waals surface area contributed by atoms with Crippen LogP contribution in [0.1, 0.15) is 44.2 Å². The third kappa shape index (κ3) is 7.58. The Bertz CT molecular complexity index is 1010. The normalized spacial score (nSPS) is 19.9. The van der Waals surface area contributed by atoms with Crippen molar-refractivity contribution in [3.05, 3.63) is 47.2 Å². The molecule has 0 spiro atoms. The number of benzene rings is 1. The van der Waals surface area contributed by atoms with Crippen LogP contribution < -0.4 is 10.6 Å². The van der Waals surface area contributed by atoms with Crippen LogP contribution in [0.4, 0.5) is 0 Å². The molecule has 2 N–H and O–H groups in total. The van der Waals surface area contributed by atoms with Crippen molar-refractivity contribution in [3.63, 3.8) is 0 Å². The van der Waals surface area contributed by atoms with Crippen LogP contribution in [0.5, 0.6) is 0 Å². The minimum absolute atomic E-state index is 0.214. The summed E-state index contributed by atoms with van der Waals surface area (Å²) in [5.74, 6) is 0.190. The monoisotopic (exact) mass is 507 g/mol. The Morgan fingerprint density at radius 3 is 2.59 bits per heavy atom. The van der Waals surface area contributed by atoms with Gasteiger partial charge in [0.2, 0.25) is 5.91 Å². The highest BCUT2D eigenvalue weighted by molar-refractivity contribution is 5.94. The summed E-state index contributed by atoms with van der Waals surface area (Å²) in [4.78, 5) is 45.6. The van der Waals surface area contributed by atoms with E-state index in [1.165, 1.54) is 17.5 Å². The number of carbonyl (C=O) groups excluding carboxylic acids is 3. The maximum absolute atomic E-state index is 12.9. The van der Waals surface area contributed by atoms with E-state index in [1.807, 2.05) is 18.7 Å². The highest BCUT2D eigenvalue weighted by Crippen LogP contribution is 2.29. The second-order valence-corrected chi connectivity index (χ2v) is 10.9. The number of likely N-dealkylation sites (tertiary alicyclic amines) is 1. The molecule has 1 saturated heterocycles. The van der Waals surface area contributed by atoms with Crippen molar-refractivity contribution in [2.45, 2.75) is 52.1 Å². The molecule has 2 amide bonds. The molecule has 3 aliphatic rings. The molecule has 1 aromatic rings. The summed E-state index contributed by atoms with van der Waals surface area (Å²) < 4.78 is 0. The molecule has 37 heavy (non-hydrogen) atoms. The highest BCUT2D eigenvalue weighted by Gasteiger charge is 2.36. The number of nitrogens with one attached hydrogen (secondary N) is 2.